The minimum atomic E-state index is 0.0422. The molecule has 1 aromatic heterocycles. The number of piperidine rings is 1. The van der Waals surface area contributed by atoms with Gasteiger partial charge >= 0.3 is 0 Å². The summed E-state index contributed by atoms with van der Waals surface area (Å²) < 4.78 is 1.68. The fraction of sp³-hybridized carbons (Fsp3) is 0.750. The maximum atomic E-state index is 12.2. The van der Waals surface area contributed by atoms with Crippen molar-refractivity contribution in [1.29, 1.82) is 0 Å². The van der Waals surface area contributed by atoms with Gasteiger partial charge in [-0.05, 0) is 26.2 Å². The third kappa shape index (κ3) is 3.07. The first kappa shape index (κ1) is 13.0. The van der Waals surface area contributed by atoms with Gasteiger partial charge in [-0.2, -0.15) is 5.10 Å². The van der Waals surface area contributed by atoms with E-state index in [2.05, 4.69) is 10.1 Å². The summed E-state index contributed by atoms with van der Waals surface area (Å²) in [5.41, 5.74) is 5.96. The second-order valence-electron chi connectivity index (χ2n) is 4.92. The van der Waals surface area contributed by atoms with Crippen LogP contribution >= 0.6 is 0 Å². The van der Waals surface area contributed by atoms with Crippen LogP contribution in [0.1, 0.15) is 32.6 Å². The van der Waals surface area contributed by atoms with Crippen LogP contribution in [0.2, 0.25) is 0 Å². The molecule has 0 saturated carbocycles. The standard InChI is InChI=1S/C12H21N5O/c1-10(13)11-4-2-3-6-17(11)12(18)5-7-16-9-14-8-15-16/h8-11H,2-7,13H2,1H3. The smallest absolute Gasteiger partial charge is 0.224 e. The lowest BCUT2D eigenvalue weighted by Crippen LogP contribution is -2.51. The van der Waals surface area contributed by atoms with Gasteiger partial charge < -0.3 is 10.6 Å². The highest BCUT2D eigenvalue weighted by Gasteiger charge is 2.28. The third-order valence-electron chi connectivity index (χ3n) is 3.50. The number of nitrogens with two attached hydrogens (primary N) is 1. The number of carbonyl (C=O) groups excluding carboxylic acids is 1. The number of aromatic nitrogens is 3. The van der Waals surface area contributed by atoms with Gasteiger partial charge in [0.05, 0.1) is 6.54 Å². The third-order valence-corrected chi connectivity index (χ3v) is 3.50. The van der Waals surface area contributed by atoms with E-state index in [0.29, 0.717) is 13.0 Å². The van der Waals surface area contributed by atoms with Crippen LogP contribution in [0, 0.1) is 0 Å². The van der Waals surface area contributed by atoms with E-state index < -0.39 is 0 Å². The number of amides is 1. The second kappa shape index (κ2) is 5.95. The fourth-order valence-electron chi connectivity index (χ4n) is 2.52. The van der Waals surface area contributed by atoms with Crippen LogP contribution in [-0.2, 0) is 11.3 Å². The number of hydrogen-bond donors (Lipinski definition) is 1. The van der Waals surface area contributed by atoms with Crippen molar-refractivity contribution in [3.05, 3.63) is 12.7 Å². The first-order valence-corrected chi connectivity index (χ1v) is 6.56. The zero-order valence-electron chi connectivity index (χ0n) is 10.8. The Labute approximate surface area is 107 Å². The van der Waals surface area contributed by atoms with Gasteiger partial charge in [0.1, 0.15) is 12.7 Å². The topological polar surface area (TPSA) is 77.0 Å². The van der Waals surface area contributed by atoms with Crippen LogP contribution in [0.4, 0.5) is 0 Å². The van der Waals surface area contributed by atoms with Crippen molar-refractivity contribution in [3.8, 4) is 0 Å². The first-order valence-electron chi connectivity index (χ1n) is 6.56. The molecule has 100 valence electrons. The maximum absolute atomic E-state index is 12.2. The lowest BCUT2D eigenvalue weighted by Gasteiger charge is -2.38. The SMILES string of the molecule is CC(N)C1CCCCN1C(=O)CCn1cncn1. The molecule has 1 aliphatic rings. The molecule has 1 aliphatic heterocycles. The number of aryl methyl sites for hydroxylation is 1. The monoisotopic (exact) mass is 251 g/mol. The van der Waals surface area contributed by atoms with Crippen LogP contribution in [-0.4, -0.2) is 44.2 Å². The summed E-state index contributed by atoms with van der Waals surface area (Å²) in [6, 6.07) is 0.239. The summed E-state index contributed by atoms with van der Waals surface area (Å²) >= 11 is 0. The van der Waals surface area contributed by atoms with Crippen LogP contribution in [0.3, 0.4) is 0 Å². The average Bonchev–Trinajstić information content (AvgIpc) is 2.89. The Morgan fingerprint density at radius 2 is 2.39 bits per heavy atom. The lowest BCUT2D eigenvalue weighted by molar-refractivity contribution is -0.135. The van der Waals surface area contributed by atoms with Gasteiger partial charge in [-0.25, -0.2) is 4.98 Å². The Morgan fingerprint density at radius 1 is 1.56 bits per heavy atom. The van der Waals surface area contributed by atoms with Gasteiger partial charge in [-0.15, -0.1) is 0 Å². The Bertz CT molecular complexity index is 376. The van der Waals surface area contributed by atoms with E-state index in [-0.39, 0.29) is 18.0 Å². The zero-order valence-corrected chi connectivity index (χ0v) is 10.8. The Morgan fingerprint density at radius 3 is 3.06 bits per heavy atom. The Kier molecular flexibility index (Phi) is 4.30. The van der Waals surface area contributed by atoms with Crippen LogP contribution in [0.5, 0.6) is 0 Å². The minimum absolute atomic E-state index is 0.0422. The Hall–Kier alpha value is -1.43. The van der Waals surface area contributed by atoms with E-state index in [1.807, 2.05) is 11.8 Å². The number of carbonyl (C=O) groups is 1. The minimum Gasteiger partial charge on any atom is -0.338 e. The molecule has 0 aliphatic carbocycles. The van der Waals surface area contributed by atoms with Crippen molar-refractivity contribution in [2.75, 3.05) is 6.54 Å². The molecular weight excluding hydrogens is 230 g/mol. The molecule has 0 bridgehead atoms. The fourth-order valence-corrected chi connectivity index (χ4v) is 2.52. The highest BCUT2D eigenvalue weighted by molar-refractivity contribution is 5.76. The van der Waals surface area contributed by atoms with Crippen molar-refractivity contribution in [2.24, 2.45) is 5.73 Å². The van der Waals surface area contributed by atoms with Crippen molar-refractivity contribution >= 4 is 5.91 Å². The number of rotatable bonds is 4. The van der Waals surface area contributed by atoms with Crippen LogP contribution < -0.4 is 5.73 Å². The van der Waals surface area contributed by atoms with E-state index in [0.717, 1.165) is 19.4 Å². The van der Waals surface area contributed by atoms with Crippen LogP contribution in [0.25, 0.3) is 0 Å². The molecule has 0 radical (unpaired) electrons. The first-order chi connectivity index (χ1) is 8.68. The van der Waals surface area contributed by atoms with E-state index >= 15 is 0 Å². The molecule has 2 N–H and O–H groups in total. The molecule has 1 saturated heterocycles. The second-order valence-corrected chi connectivity index (χ2v) is 4.92. The van der Waals surface area contributed by atoms with E-state index in [1.54, 1.807) is 11.0 Å². The van der Waals surface area contributed by atoms with Crippen molar-refractivity contribution in [2.45, 2.75) is 51.2 Å². The summed E-state index contributed by atoms with van der Waals surface area (Å²) in [4.78, 5) is 18.0. The molecule has 6 heteroatoms. The molecule has 2 atom stereocenters. The summed E-state index contributed by atoms with van der Waals surface area (Å²) in [5, 5.41) is 4.00. The molecule has 18 heavy (non-hydrogen) atoms. The van der Waals surface area contributed by atoms with Gasteiger partial charge in [-0.1, -0.05) is 0 Å². The van der Waals surface area contributed by atoms with Crippen molar-refractivity contribution in [1.82, 2.24) is 19.7 Å². The Balaban J connectivity index is 1.90. The molecule has 0 aromatic carbocycles. The summed E-state index contributed by atoms with van der Waals surface area (Å²) in [7, 11) is 0. The summed E-state index contributed by atoms with van der Waals surface area (Å²) in [6.07, 6.45) is 6.85. The molecule has 2 heterocycles. The van der Waals surface area contributed by atoms with Gasteiger partial charge in [0.2, 0.25) is 5.91 Å². The average molecular weight is 251 g/mol. The van der Waals surface area contributed by atoms with Gasteiger partial charge in [-0.3, -0.25) is 9.48 Å². The highest BCUT2D eigenvalue weighted by Crippen LogP contribution is 2.19. The van der Waals surface area contributed by atoms with Gasteiger partial charge in [0, 0.05) is 25.0 Å². The van der Waals surface area contributed by atoms with Crippen molar-refractivity contribution in [3.63, 3.8) is 0 Å². The van der Waals surface area contributed by atoms with Crippen LogP contribution in [0.15, 0.2) is 12.7 Å². The van der Waals surface area contributed by atoms with E-state index in [4.69, 9.17) is 5.73 Å². The van der Waals surface area contributed by atoms with Gasteiger partial charge in [0.25, 0.3) is 0 Å². The predicted molar refractivity (Wildman–Crippen MR) is 67.6 cm³/mol. The zero-order chi connectivity index (χ0) is 13.0. The number of likely N-dealkylation sites (tertiary alicyclic amines) is 1. The molecule has 6 nitrogen and oxygen atoms in total. The molecule has 2 rings (SSSR count). The lowest BCUT2D eigenvalue weighted by atomic mass is 9.96. The van der Waals surface area contributed by atoms with Crippen molar-refractivity contribution < 1.29 is 4.79 Å². The van der Waals surface area contributed by atoms with E-state index in [9.17, 15) is 4.79 Å². The molecule has 1 amide bonds. The maximum Gasteiger partial charge on any atom is 0.224 e. The quantitative estimate of drug-likeness (QED) is 0.840. The highest BCUT2D eigenvalue weighted by atomic mass is 16.2. The van der Waals surface area contributed by atoms with E-state index in [1.165, 1.54) is 12.7 Å². The normalized spacial score (nSPS) is 21.9. The number of nitrogens with zero attached hydrogens (tertiary/aromatic N) is 4. The summed E-state index contributed by atoms with van der Waals surface area (Å²) in [5.74, 6) is 0.174. The molecule has 1 fully saturated rings. The molecule has 0 spiro atoms. The molecular formula is C12H21N5O. The van der Waals surface area contributed by atoms with Gasteiger partial charge in [0.15, 0.2) is 0 Å². The molecule has 1 aromatic rings. The molecule has 2 unspecified atom stereocenters. The number of hydrogen-bond acceptors (Lipinski definition) is 4. The summed E-state index contributed by atoms with van der Waals surface area (Å²) in [6.45, 7) is 3.40. The predicted octanol–water partition coefficient (Wildman–Crippen LogP) is 0.397. The largest absolute Gasteiger partial charge is 0.338 e.